The number of aromatic nitrogens is 5. The van der Waals surface area contributed by atoms with E-state index in [0.29, 0.717) is 6.54 Å². The van der Waals surface area contributed by atoms with E-state index in [1.807, 2.05) is 41.2 Å². The van der Waals surface area contributed by atoms with Gasteiger partial charge in [0.1, 0.15) is 22.0 Å². The van der Waals surface area contributed by atoms with Crippen LogP contribution < -0.4 is 10.6 Å². The Hall–Kier alpha value is -3.89. The van der Waals surface area contributed by atoms with Crippen LogP contribution in [0.3, 0.4) is 0 Å². The summed E-state index contributed by atoms with van der Waals surface area (Å²) in [6.07, 6.45) is 8.05. The van der Waals surface area contributed by atoms with E-state index in [1.165, 1.54) is 18.1 Å². The molecule has 0 atom stereocenters. The fraction of sp³-hybridized carbons (Fsp3) is 0.259. The van der Waals surface area contributed by atoms with Crippen LogP contribution in [0.15, 0.2) is 73.3 Å². The Morgan fingerprint density at radius 3 is 2.65 bits per heavy atom. The molecule has 5 rings (SSSR count). The first-order valence-electron chi connectivity index (χ1n) is 12.2. The fourth-order valence-electron chi connectivity index (χ4n) is 4.20. The highest BCUT2D eigenvalue weighted by atomic mass is 32.2. The predicted molar refractivity (Wildman–Crippen MR) is 147 cm³/mol. The Kier molecular flexibility index (Phi) is 7.38. The van der Waals surface area contributed by atoms with Gasteiger partial charge in [-0.1, -0.05) is 30.3 Å². The summed E-state index contributed by atoms with van der Waals surface area (Å²) in [7, 11) is -2.94. The van der Waals surface area contributed by atoms with Crippen molar-refractivity contribution in [1.82, 2.24) is 30.0 Å². The molecule has 0 saturated carbocycles. The summed E-state index contributed by atoms with van der Waals surface area (Å²) in [6, 6.07) is 18.5. The summed E-state index contributed by atoms with van der Waals surface area (Å²) in [5, 5.41) is 13.1. The van der Waals surface area contributed by atoms with Gasteiger partial charge in [0.2, 0.25) is 0 Å². The average molecular weight is 516 g/mol. The highest BCUT2D eigenvalue weighted by Gasteiger charge is 2.09. The number of benzene rings is 2. The molecule has 0 aliphatic rings. The standard InChI is InChI=1S/C27H29N7O2S/c1-37(35,36)13-12-28-11-5-8-22-15-24-25(17-29-22)30-19-31-27(24)33-23-9-10-26-21(14-23)16-32-34(26)18-20-6-3-2-4-7-20/h2-4,6-7,9-10,14-17,19,28H,5,8,11-13,18H2,1H3,(H,30,31,33). The molecular weight excluding hydrogens is 486 g/mol. The van der Waals surface area contributed by atoms with Gasteiger partial charge in [-0.2, -0.15) is 5.10 Å². The predicted octanol–water partition coefficient (Wildman–Crippen LogP) is 3.73. The Morgan fingerprint density at radius 1 is 0.946 bits per heavy atom. The number of nitrogens with one attached hydrogen (secondary N) is 2. The molecule has 0 saturated heterocycles. The molecule has 10 heteroatoms. The van der Waals surface area contributed by atoms with Crippen LogP contribution in [0.2, 0.25) is 0 Å². The number of pyridine rings is 1. The SMILES string of the molecule is CS(=O)(=O)CCNCCCc1cc2c(Nc3ccc4c(cnn4Cc4ccccc4)c3)ncnc2cn1. The van der Waals surface area contributed by atoms with E-state index < -0.39 is 9.84 Å². The monoisotopic (exact) mass is 515 g/mol. The number of rotatable bonds is 11. The minimum Gasteiger partial charge on any atom is -0.340 e. The van der Waals surface area contributed by atoms with Crippen molar-refractivity contribution in [2.45, 2.75) is 19.4 Å². The van der Waals surface area contributed by atoms with Gasteiger partial charge in [0.05, 0.1) is 35.7 Å². The molecule has 3 heterocycles. The first kappa shape index (κ1) is 24.8. The summed E-state index contributed by atoms with van der Waals surface area (Å²) in [5.41, 5.74) is 4.90. The van der Waals surface area contributed by atoms with Crippen molar-refractivity contribution < 1.29 is 8.42 Å². The van der Waals surface area contributed by atoms with E-state index >= 15 is 0 Å². The number of fused-ring (bicyclic) bond motifs is 2. The van der Waals surface area contributed by atoms with Gasteiger partial charge in [-0.15, -0.1) is 0 Å². The third kappa shape index (κ3) is 6.46. The average Bonchev–Trinajstić information content (AvgIpc) is 3.28. The van der Waals surface area contributed by atoms with E-state index in [9.17, 15) is 8.42 Å². The van der Waals surface area contributed by atoms with Crippen LogP contribution in [0, 0.1) is 0 Å². The second-order valence-electron chi connectivity index (χ2n) is 9.08. The molecule has 190 valence electrons. The van der Waals surface area contributed by atoms with Crippen molar-refractivity contribution in [3.05, 3.63) is 84.6 Å². The van der Waals surface area contributed by atoms with Crippen LogP contribution in [0.5, 0.6) is 0 Å². The van der Waals surface area contributed by atoms with E-state index in [-0.39, 0.29) is 5.75 Å². The molecule has 0 bridgehead atoms. The van der Waals surface area contributed by atoms with Gasteiger partial charge in [0.15, 0.2) is 0 Å². The largest absolute Gasteiger partial charge is 0.340 e. The zero-order valence-electron chi connectivity index (χ0n) is 20.6. The van der Waals surface area contributed by atoms with Crippen molar-refractivity contribution in [3.8, 4) is 0 Å². The Bertz CT molecular complexity index is 1620. The molecule has 5 aromatic rings. The molecule has 3 aromatic heterocycles. The van der Waals surface area contributed by atoms with Crippen LogP contribution >= 0.6 is 0 Å². The van der Waals surface area contributed by atoms with E-state index in [1.54, 1.807) is 6.20 Å². The maximum Gasteiger partial charge on any atom is 0.148 e. The number of sulfone groups is 1. The summed E-state index contributed by atoms with van der Waals surface area (Å²) >= 11 is 0. The zero-order chi connectivity index (χ0) is 25.7. The molecule has 0 unspecified atom stereocenters. The third-order valence-electron chi connectivity index (χ3n) is 6.09. The lowest BCUT2D eigenvalue weighted by Crippen LogP contribution is -2.23. The molecule has 2 N–H and O–H groups in total. The van der Waals surface area contributed by atoms with Crippen LogP contribution in [0.4, 0.5) is 11.5 Å². The highest BCUT2D eigenvalue weighted by Crippen LogP contribution is 2.26. The van der Waals surface area contributed by atoms with Gasteiger partial charge in [0, 0.05) is 35.0 Å². The molecule has 0 radical (unpaired) electrons. The van der Waals surface area contributed by atoms with Gasteiger partial charge in [-0.3, -0.25) is 9.67 Å². The highest BCUT2D eigenvalue weighted by molar-refractivity contribution is 7.90. The molecule has 0 aliphatic carbocycles. The van der Waals surface area contributed by atoms with Gasteiger partial charge < -0.3 is 10.6 Å². The Labute approximate surface area is 215 Å². The summed E-state index contributed by atoms with van der Waals surface area (Å²) in [6.45, 7) is 1.90. The first-order chi connectivity index (χ1) is 17.9. The molecule has 2 aromatic carbocycles. The van der Waals surface area contributed by atoms with Gasteiger partial charge in [-0.25, -0.2) is 18.4 Å². The van der Waals surface area contributed by atoms with Crippen LogP contribution in [-0.4, -0.2) is 58.2 Å². The number of hydrogen-bond acceptors (Lipinski definition) is 8. The molecule has 9 nitrogen and oxygen atoms in total. The molecule has 0 aliphatic heterocycles. The Morgan fingerprint density at radius 2 is 1.81 bits per heavy atom. The molecular formula is C27H29N7O2S. The number of aryl methyl sites for hydroxylation is 1. The Balaban J connectivity index is 1.27. The minimum absolute atomic E-state index is 0.146. The fourth-order valence-corrected chi connectivity index (χ4v) is 4.71. The maximum absolute atomic E-state index is 11.2. The summed E-state index contributed by atoms with van der Waals surface area (Å²) in [5.74, 6) is 0.865. The third-order valence-corrected chi connectivity index (χ3v) is 7.04. The van der Waals surface area contributed by atoms with E-state index in [0.717, 1.165) is 64.9 Å². The van der Waals surface area contributed by atoms with Crippen LogP contribution in [0.1, 0.15) is 17.7 Å². The van der Waals surface area contributed by atoms with Crippen molar-refractivity contribution in [1.29, 1.82) is 0 Å². The normalized spacial score (nSPS) is 11.8. The van der Waals surface area contributed by atoms with Gasteiger partial charge in [-0.05, 0) is 49.2 Å². The number of nitrogens with zero attached hydrogens (tertiary/aromatic N) is 5. The summed E-state index contributed by atoms with van der Waals surface area (Å²) < 4.78 is 24.5. The van der Waals surface area contributed by atoms with E-state index in [4.69, 9.17) is 0 Å². The van der Waals surface area contributed by atoms with E-state index in [2.05, 4.69) is 54.9 Å². The summed E-state index contributed by atoms with van der Waals surface area (Å²) in [4.78, 5) is 13.4. The van der Waals surface area contributed by atoms with Crippen molar-refractivity contribution in [2.24, 2.45) is 0 Å². The topological polar surface area (TPSA) is 115 Å². The smallest absolute Gasteiger partial charge is 0.148 e. The quantitative estimate of drug-likeness (QED) is 0.256. The number of anilines is 2. The lowest BCUT2D eigenvalue weighted by molar-refractivity contribution is 0.594. The molecule has 37 heavy (non-hydrogen) atoms. The van der Waals surface area contributed by atoms with Crippen LogP contribution in [-0.2, 0) is 22.8 Å². The lowest BCUT2D eigenvalue weighted by atomic mass is 10.1. The van der Waals surface area contributed by atoms with Crippen molar-refractivity contribution in [2.75, 3.05) is 30.4 Å². The minimum atomic E-state index is -2.94. The lowest BCUT2D eigenvalue weighted by Gasteiger charge is -2.10. The number of hydrogen-bond donors (Lipinski definition) is 2. The second kappa shape index (κ2) is 11.0. The maximum atomic E-state index is 11.2. The molecule has 0 fully saturated rings. The molecule has 0 spiro atoms. The zero-order valence-corrected chi connectivity index (χ0v) is 21.4. The first-order valence-corrected chi connectivity index (χ1v) is 14.3. The van der Waals surface area contributed by atoms with Crippen molar-refractivity contribution in [3.63, 3.8) is 0 Å². The van der Waals surface area contributed by atoms with Crippen molar-refractivity contribution >= 4 is 43.1 Å². The molecule has 0 amide bonds. The second-order valence-corrected chi connectivity index (χ2v) is 11.3. The van der Waals surface area contributed by atoms with Gasteiger partial charge in [0.25, 0.3) is 0 Å². The van der Waals surface area contributed by atoms with Gasteiger partial charge >= 0.3 is 0 Å². The van der Waals surface area contributed by atoms with Crippen LogP contribution in [0.25, 0.3) is 21.8 Å².